The number of aromatic amines is 1. The highest BCUT2D eigenvalue weighted by Crippen LogP contribution is 2.36. The molecule has 2 heterocycles. The first-order chi connectivity index (χ1) is 14.5. The molecule has 4 rings (SSSR count). The number of benzene rings is 1. The van der Waals surface area contributed by atoms with Crippen LogP contribution in [0.3, 0.4) is 0 Å². The normalized spacial score (nSPS) is 15.0. The number of fused-ring (bicyclic) bond motifs is 1. The molecule has 1 aliphatic rings. The Morgan fingerprint density at radius 3 is 2.73 bits per heavy atom. The fraction of sp³-hybridized carbons (Fsp3) is 0.455. The Labute approximate surface area is 179 Å². The van der Waals surface area contributed by atoms with Gasteiger partial charge in [0, 0.05) is 23.5 Å². The number of aromatic nitrogens is 2. The van der Waals surface area contributed by atoms with Gasteiger partial charge < -0.3 is 19.6 Å². The van der Waals surface area contributed by atoms with Gasteiger partial charge in [-0.05, 0) is 37.0 Å². The molecular formula is C22H27N3O4S. The molecule has 30 heavy (non-hydrogen) atoms. The molecular weight excluding hydrogens is 402 g/mol. The van der Waals surface area contributed by atoms with E-state index in [1.165, 1.54) is 11.3 Å². The van der Waals surface area contributed by atoms with Crippen LogP contribution < -0.4 is 15.0 Å². The Balaban J connectivity index is 1.66. The third-order valence-corrected chi connectivity index (χ3v) is 6.39. The highest BCUT2D eigenvalue weighted by molar-refractivity contribution is 7.17. The summed E-state index contributed by atoms with van der Waals surface area (Å²) >= 11 is 1.46. The van der Waals surface area contributed by atoms with E-state index in [0.29, 0.717) is 53.1 Å². The second kappa shape index (κ2) is 8.75. The van der Waals surface area contributed by atoms with Gasteiger partial charge in [0.1, 0.15) is 10.7 Å². The van der Waals surface area contributed by atoms with Gasteiger partial charge in [-0.3, -0.25) is 9.69 Å². The Bertz CT molecular complexity index is 1090. The summed E-state index contributed by atoms with van der Waals surface area (Å²) in [5.74, 6) is 1.90. The van der Waals surface area contributed by atoms with Gasteiger partial charge in [0.05, 0.1) is 32.3 Å². The zero-order chi connectivity index (χ0) is 21.3. The second-order valence-electron chi connectivity index (χ2n) is 7.63. The zero-order valence-corrected chi connectivity index (χ0v) is 18.3. The molecule has 0 bridgehead atoms. The van der Waals surface area contributed by atoms with Gasteiger partial charge >= 0.3 is 0 Å². The van der Waals surface area contributed by atoms with E-state index in [1.54, 1.807) is 14.2 Å². The molecule has 8 heteroatoms. The number of nitrogens with zero attached hydrogens (tertiary/aromatic N) is 2. The maximum atomic E-state index is 13.0. The molecule has 1 aliphatic carbocycles. The van der Waals surface area contributed by atoms with E-state index in [4.69, 9.17) is 14.5 Å². The molecule has 2 N–H and O–H groups in total. The van der Waals surface area contributed by atoms with E-state index in [2.05, 4.69) is 9.88 Å². The smallest absolute Gasteiger partial charge is 0.260 e. The number of hydrogen-bond acceptors (Lipinski definition) is 7. The SMILES string of the molecule is CCC(O)CN(Cc1nc2scc(-c3ccc(OC)c(OC)c3)c2c(=O)[nH]1)C1CC1. The summed E-state index contributed by atoms with van der Waals surface area (Å²) in [6, 6.07) is 6.09. The van der Waals surface area contributed by atoms with Crippen LogP contribution in [0.25, 0.3) is 21.3 Å². The van der Waals surface area contributed by atoms with Crippen LogP contribution in [0.1, 0.15) is 32.0 Å². The number of hydrogen-bond donors (Lipinski definition) is 2. The van der Waals surface area contributed by atoms with Crippen molar-refractivity contribution in [2.75, 3.05) is 20.8 Å². The van der Waals surface area contributed by atoms with Gasteiger partial charge in [-0.25, -0.2) is 4.98 Å². The van der Waals surface area contributed by atoms with Crippen molar-refractivity contribution in [3.63, 3.8) is 0 Å². The van der Waals surface area contributed by atoms with Crippen molar-refractivity contribution in [2.24, 2.45) is 0 Å². The molecule has 0 aliphatic heterocycles. The van der Waals surface area contributed by atoms with Crippen LogP contribution in [-0.4, -0.2) is 52.9 Å². The number of nitrogens with one attached hydrogen (secondary N) is 1. The molecule has 7 nitrogen and oxygen atoms in total. The summed E-state index contributed by atoms with van der Waals surface area (Å²) in [4.78, 5) is 23.6. The van der Waals surface area contributed by atoms with Crippen LogP contribution in [0, 0.1) is 0 Å². The molecule has 1 saturated carbocycles. The lowest BCUT2D eigenvalue weighted by molar-refractivity contribution is 0.0995. The number of aliphatic hydroxyl groups is 1. The molecule has 1 atom stereocenters. The minimum absolute atomic E-state index is 0.146. The van der Waals surface area contributed by atoms with E-state index in [0.717, 1.165) is 24.0 Å². The largest absolute Gasteiger partial charge is 0.493 e. The molecule has 3 aromatic rings. The van der Waals surface area contributed by atoms with Crippen molar-refractivity contribution >= 4 is 21.6 Å². The maximum Gasteiger partial charge on any atom is 0.260 e. The highest BCUT2D eigenvalue weighted by atomic mass is 32.1. The lowest BCUT2D eigenvalue weighted by Crippen LogP contribution is -2.34. The highest BCUT2D eigenvalue weighted by Gasteiger charge is 2.30. The van der Waals surface area contributed by atoms with Crippen molar-refractivity contribution in [1.82, 2.24) is 14.9 Å². The molecule has 0 radical (unpaired) electrons. The summed E-state index contributed by atoms with van der Waals surface area (Å²) in [5.41, 5.74) is 1.56. The maximum absolute atomic E-state index is 13.0. The van der Waals surface area contributed by atoms with Gasteiger partial charge in [-0.2, -0.15) is 0 Å². The zero-order valence-electron chi connectivity index (χ0n) is 17.5. The quantitative estimate of drug-likeness (QED) is 0.542. The first-order valence-corrected chi connectivity index (χ1v) is 11.1. The van der Waals surface area contributed by atoms with Crippen LogP contribution in [0.5, 0.6) is 11.5 Å². The second-order valence-corrected chi connectivity index (χ2v) is 8.49. The van der Waals surface area contributed by atoms with Crippen LogP contribution in [0.15, 0.2) is 28.4 Å². The number of ether oxygens (including phenoxy) is 2. The monoisotopic (exact) mass is 429 g/mol. The molecule has 0 saturated heterocycles. The van der Waals surface area contributed by atoms with Crippen molar-refractivity contribution in [3.8, 4) is 22.6 Å². The third kappa shape index (κ3) is 4.21. The predicted molar refractivity (Wildman–Crippen MR) is 119 cm³/mol. The minimum Gasteiger partial charge on any atom is -0.493 e. The van der Waals surface area contributed by atoms with Crippen LogP contribution in [-0.2, 0) is 6.54 Å². The molecule has 2 aromatic heterocycles. The molecule has 1 fully saturated rings. The van der Waals surface area contributed by atoms with Gasteiger partial charge in [-0.15, -0.1) is 11.3 Å². The van der Waals surface area contributed by atoms with Gasteiger partial charge in [0.25, 0.3) is 5.56 Å². The summed E-state index contributed by atoms with van der Waals surface area (Å²) in [5, 5.41) is 12.6. The Morgan fingerprint density at radius 1 is 1.30 bits per heavy atom. The van der Waals surface area contributed by atoms with E-state index in [9.17, 15) is 9.90 Å². The van der Waals surface area contributed by atoms with E-state index >= 15 is 0 Å². The van der Waals surface area contributed by atoms with E-state index < -0.39 is 0 Å². The summed E-state index contributed by atoms with van der Waals surface area (Å²) in [6.07, 6.45) is 2.61. The number of rotatable bonds is 9. The van der Waals surface area contributed by atoms with Gasteiger partial charge in [-0.1, -0.05) is 13.0 Å². The predicted octanol–water partition coefficient (Wildman–Crippen LogP) is 3.40. The Morgan fingerprint density at radius 2 is 2.07 bits per heavy atom. The van der Waals surface area contributed by atoms with Crippen LogP contribution >= 0.6 is 11.3 Å². The molecule has 1 unspecified atom stereocenters. The third-order valence-electron chi connectivity index (χ3n) is 5.52. The Hall–Kier alpha value is -2.42. The van der Waals surface area contributed by atoms with Crippen LogP contribution in [0.4, 0.5) is 0 Å². The standard InChI is InChI=1S/C22H27N3O4S/c1-4-15(26)10-25(14-6-7-14)11-19-23-21(27)20-16(12-30-22(20)24-19)13-5-8-17(28-2)18(9-13)29-3/h5,8-9,12,14-15,26H,4,6-7,10-11H2,1-3H3,(H,23,24,27). The lowest BCUT2D eigenvalue weighted by Gasteiger charge is -2.23. The number of thiophene rings is 1. The first kappa shape index (κ1) is 20.8. The fourth-order valence-corrected chi connectivity index (χ4v) is 4.63. The number of aliphatic hydroxyl groups excluding tert-OH is 1. The van der Waals surface area contributed by atoms with E-state index in [-0.39, 0.29) is 11.7 Å². The average Bonchev–Trinajstić information content (AvgIpc) is 3.51. The fourth-order valence-electron chi connectivity index (χ4n) is 3.66. The molecule has 1 aromatic carbocycles. The number of H-pyrrole nitrogens is 1. The average molecular weight is 430 g/mol. The van der Waals surface area contributed by atoms with Crippen LogP contribution in [0.2, 0.25) is 0 Å². The summed E-state index contributed by atoms with van der Waals surface area (Å²) < 4.78 is 10.7. The van der Waals surface area contributed by atoms with Crippen molar-refractivity contribution in [2.45, 2.75) is 44.9 Å². The van der Waals surface area contributed by atoms with E-state index in [1.807, 2.05) is 30.5 Å². The molecule has 160 valence electrons. The topological polar surface area (TPSA) is 87.7 Å². The molecule has 0 amide bonds. The van der Waals surface area contributed by atoms with Crippen molar-refractivity contribution in [3.05, 3.63) is 39.8 Å². The van der Waals surface area contributed by atoms with Gasteiger partial charge in [0.15, 0.2) is 11.5 Å². The van der Waals surface area contributed by atoms with Crippen molar-refractivity contribution in [1.29, 1.82) is 0 Å². The molecule has 0 spiro atoms. The summed E-state index contributed by atoms with van der Waals surface area (Å²) in [7, 11) is 3.19. The Kier molecular flexibility index (Phi) is 6.08. The first-order valence-electron chi connectivity index (χ1n) is 10.2. The van der Waals surface area contributed by atoms with Crippen molar-refractivity contribution < 1.29 is 14.6 Å². The number of methoxy groups -OCH3 is 2. The summed E-state index contributed by atoms with van der Waals surface area (Å²) in [6.45, 7) is 3.12. The minimum atomic E-state index is -0.362. The lowest BCUT2D eigenvalue weighted by atomic mass is 10.1. The van der Waals surface area contributed by atoms with Gasteiger partial charge in [0.2, 0.25) is 0 Å².